The van der Waals surface area contributed by atoms with Crippen molar-refractivity contribution in [3.8, 4) is 0 Å². The SMILES string of the molecule is CCC(C)(CC)C(C)C(N)(CC)CC. The Labute approximate surface area is 90.5 Å². The number of rotatable bonds is 6. The Bertz CT molecular complexity index is 137. The molecule has 1 atom stereocenters. The van der Waals surface area contributed by atoms with Gasteiger partial charge in [0, 0.05) is 5.54 Å². The molecule has 0 radical (unpaired) electrons. The summed E-state index contributed by atoms with van der Waals surface area (Å²) in [5.41, 5.74) is 6.91. The first-order valence-corrected chi connectivity index (χ1v) is 6.19. The smallest absolute Gasteiger partial charge is 0.0180 e. The van der Waals surface area contributed by atoms with E-state index in [9.17, 15) is 0 Å². The van der Waals surface area contributed by atoms with Crippen LogP contribution < -0.4 is 5.73 Å². The first kappa shape index (κ1) is 14.0. The molecule has 0 heterocycles. The van der Waals surface area contributed by atoms with Gasteiger partial charge in [-0.2, -0.15) is 0 Å². The molecule has 0 aromatic carbocycles. The van der Waals surface area contributed by atoms with E-state index in [1.807, 2.05) is 0 Å². The van der Waals surface area contributed by atoms with E-state index in [-0.39, 0.29) is 5.54 Å². The molecule has 0 saturated heterocycles. The summed E-state index contributed by atoms with van der Waals surface area (Å²) in [5.74, 6) is 0.597. The van der Waals surface area contributed by atoms with Crippen LogP contribution in [0.4, 0.5) is 0 Å². The Morgan fingerprint density at radius 3 is 1.50 bits per heavy atom. The molecule has 0 rings (SSSR count). The fraction of sp³-hybridized carbons (Fsp3) is 1.00. The third-order valence-corrected chi connectivity index (χ3v) is 4.84. The van der Waals surface area contributed by atoms with E-state index in [0.29, 0.717) is 11.3 Å². The third-order valence-electron chi connectivity index (χ3n) is 4.84. The first-order chi connectivity index (χ1) is 6.40. The van der Waals surface area contributed by atoms with Crippen LogP contribution in [0.25, 0.3) is 0 Å². The van der Waals surface area contributed by atoms with Gasteiger partial charge in [-0.3, -0.25) is 0 Å². The lowest BCUT2D eigenvalue weighted by molar-refractivity contribution is 0.0922. The predicted octanol–water partition coefficient (Wildman–Crippen LogP) is 3.97. The van der Waals surface area contributed by atoms with E-state index in [4.69, 9.17) is 5.73 Å². The maximum Gasteiger partial charge on any atom is 0.0180 e. The van der Waals surface area contributed by atoms with Gasteiger partial charge in [0.2, 0.25) is 0 Å². The van der Waals surface area contributed by atoms with Crippen LogP contribution in [0.3, 0.4) is 0 Å². The largest absolute Gasteiger partial charge is 0.325 e. The van der Waals surface area contributed by atoms with Crippen LogP contribution in [-0.2, 0) is 0 Å². The summed E-state index contributed by atoms with van der Waals surface area (Å²) in [4.78, 5) is 0. The van der Waals surface area contributed by atoms with Crippen LogP contribution in [0.15, 0.2) is 0 Å². The highest BCUT2D eigenvalue weighted by atomic mass is 14.8. The Morgan fingerprint density at radius 1 is 0.929 bits per heavy atom. The maximum absolute atomic E-state index is 6.48. The Morgan fingerprint density at radius 2 is 1.29 bits per heavy atom. The van der Waals surface area contributed by atoms with Crippen molar-refractivity contribution < 1.29 is 0 Å². The number of hydrogen-bond acceptors (Lipinski definition) is 1. The molecule has 2 N–H and O–H groups in total. The zero-order chi connectivity index (χ0) is 11.4. The summed E-state index contributed by atoms with van der Waals surface area (Å²) in [6.45, 7) is 13.7. The van der Waals surface area contributed by atoms with E-state index in [0.717, 1.165) is 12.8 Å². The predicted molar refractivity (Wildman–Crippen MR) is 65.4 cm³/mol. The van der Waals surface area contributed by atoms with Crippen molar-refractivity contribution in [2.24, 2.45) is 17.1 Å². The second kappa shape index (κ2) is 5.16. The van der Waals surface area contributed by atoms with Crippen molar-refractivity contribution in [3.05, 3.63) is 0 Å². The zero-order valence-corrected chi connectivity index (χ0v) is 11.0. The number of hydrogen-bond donors (Lipinski definition) is 1. The van der Waals surface area contributed by atoms with Gasteiger partial charge in [0.1, 0.15) is 0 Å². The van der Waals surface area contributed by atoms with Gasteiger partial charge in [-0.15, -0.1) is 0 Å². The molecule has 1 heteroatoms. The molecule has 0 aromatic heterocycles. The topological polar surface area (TPSA) is 26.0 Å². The van der Waals surface area contributed by atoms with Gasteiger partial charge in [0.25, 0.3) is 0 Å². The van der Waals surface area contributed by atoms with Crippen molar-refractivity contribution in [2.75, 3.05) is 0 Å². The first-order valence-electron chi connectivity index (χ1n) is 6.19. The standard InChI is InChI=1S/C13H29N/c1-7-12(6,8-2)11(5)13(14,9-3)10-4/h11H,7-10,14H2,1-6H3. The molecule has 0 fully saturated rings. The van der Waals surface area contributed by atoms with E-state index in [1.54, 1.807) is 0 Å². The molecule has 0 aliphatic heterocycles. The van der Waals surface area contributed by atoms with Gasteiger partial charge in [0.15, 0.2) is 0 Å². The summed E-state index contributed by atoms with van der Waals surface area (Å²) < 4.78 is 0. The minimum Gasteiger partial charge on any atom is -0.325 e. The lowest BCUT2D eigenvalue weighted by Gasteiger charge is -2.45. The molecule has 0 spiro atoms. The Hall–Kier alpha value is -0.0400. The van der Waals surface area contributed by atoms with Gasteiger partial charge in [-0.1, -0.05) is 54.4 Å². The van der Waals surface area contributed by atoms with Crippen molar-refractivity contribution in [3.63, 3.8) is 0 Å². The quantitative estimate of drug-likeness (QED) is 0.688. The van der Waals surface area contributed by atoms with Gasteiger partial charge in [0.05, 0.1) is 0 Å². The number of nitrogens with two attached hydrogens (primary N) is 1. The van der Waals surface area contributed by atoms with Crippen LogP contribution in [0.5, 0.6) is 0 Å². The third kappa shape index (κ3) is 2.50. The fourth-order valence-electron chi connectivity index (χ4n) is 2.42. The normalized spacial score (nSPS) is 15.6. The average molecular weight is 199 g/mol. The van der Waals surface area contributed by atoms with Gasteiger partial charge in [-0.25, -0.2) is 0 Å². The van der Waals surface area contributed by atoms with E-state index < -0.39 is 0 Å². The van der Waals surface area contributed by atoms with Gasteiger partial charge < -0.3 is 5.73 Å². The maximum atomic E-state index is 6.48. The molecule has 0 saturated carbocycles. The summed E-state index contributed by atoms with van der Waals surface area (Å²) in [6, 6.07) is 0. The summed E-state index contributed by atoms with van der Waals surface area (Å²) in [6.07, 6.45) is 4.62. The Balaban J connectivity index is 4.80. The van der Waals surface area contributed by atoms with Crippen LogP contribution >= 0.6 is 0 Å². The molecule has 1 nitrogen and oxygen atoms in total. The summed E-state index contributed by atoms with van der Waals surface area (Å²) in [7, 11) is 0. The second-order valence-electron chi connectivity index (χ2n) is 5.02. The second-order valence-corrected chi connectivity index (χ2v) is 5.02. The summed E-state index contributed by atoms with van der Waals surface area (Å²) >= 11 is 0. The highest BCUT2D eigenvalue weighted by molar-refractivity contribution is 4.94. The molecular weight excluding hydrogens is 170 g/mol. The van der Waals surface area contributed by atoms with E-state index in [1.165, 1.54) is 12.8 Å². The molecule has 1 unspecified atom stereocenters. The highest BCUT2D eigenvalue weighted by Crippen LogP contribution is 2.42. The van der Waals surface area contributed by atoms with Crippen LogP contribution in [0, 0.1) is 11.3 Å². The van der Waals surface area contributed by atoms with Crippen molar-refractivity contribution >= 4 is 0 Å². The molecule has 0 aliphatic rings. The van der Waals surface area contributed by atoms with E-state index >= 15 is 0 Å². The minimum absolute atomic E-state index is 0.0285. The summed E-state index contributed by atoms with van der Waals surface area (Å²) in [5, 5.41) is 0. The van der Waals surface area contributed by atoms with E-state index in [2.05, 4.69) is 41.5 Å². The Kier molecular flexibility index (Phi) is 5.14. The molecule has 0 aliphatic carbocycles. The monoisotopic (exact) mass is 199 g/mol. The van der Waals surface area contributed by atoms with Gasteiger partial charge in [-0.05, 0) is 24.2 Å². The van der Waals surface area contributed by atoms with Crippen molar-refractivity contribution in [1.82, 2.24) is 0 Å². The molecule has 0 bridgehead atoms. The molecule has 86 valence electrons. The molecular formula is C13H29N. The minimum atomic E-state index is 0.0285. The zero-order valence-electron chi connectivity index (χ0n) is 11.0. The molecule has 0 aromatic rings. The average Bonchev–Trinajstić information content (AvgIpc) is 2.25. The van der Waals surface area contributed by atoms with Crippen LogP contribution in [0.1, 0.15) is 67.2 Å². The van der Waals surface area contributed by atoms with Crippen LogP contribution in [0.2, 0.25) is 0 Å². The van der Waals surface area contributed by atoms with Crippen molar-refractivity contribution in [1.29, 1.82) is 0 Å². The lowest BCUT2D eigenvalue weighted by Crippen LogP contribution is -2.51. The molecule has 0 amide bonds. The molecule has 14 heavy (non-hydrogen) atoms. The highest BCUT2D eigenvalue weighted by Gasteiger charge is 2.39. The fourth-order valence-corrected chi connectivity index (χ4v) is 2.42. The van der Waals surface area contributed by atoms with Gasteiger partial charge >= 0.3 is 0 Å². The van der Waals surface area contributed by atoms with Crippen LogP contribution in [-0.4, -0.2) is 5.54 Å². The van der Waals surface area contributed by atoms with Crippen molar-refractivity contribution in [2.45, 2.75) is 72.8 Å². The lowest BCUT2D eigenvalue weighted by atomic mass is 9.63.